The number of nitriles is 1. The van der Waals surface area contributed by atoms with E-state index in [0.717, 1.165) is 23.4 Å². The molecule has 1 unspecified atom stereocenters. The fourth-order valence-electron chi connectivity index (χ4n) is 4.90. The lowest BCUT2D eigenvalue weighted by Crippen LogP contribution is -2.39. The standard InChI is InChI=1S/C26H25N5O2/c1-26(2)16-31(23-7-6-19(11-22(23)26)14-29-9-8-28-17-29)25(33)20-12-24(32)30(15-20)21-5-3-4-18(10-21)13-27/h3-11,17,20H,12,14-16H2,1-2H3. The topological polar surface area (TPSA) is 82.2 Å². The van der Waals surface area contributed by atoms with Gasteiger partial charge in [-0.25, -0.2) is 4.98 Å². The largest absolute Gasteiger partial charge is 0.333 e. The Balaban J connectivity index is 1.38. The molecule has 2 amide bonds. The molecule has 2 aromatic carbocycles. The van der Waals surface area contributed by atoms with Gasteiger partial charge >= 0.3 is 0 Å². The number of fused-ring (bicyclic) bond motifs is 1. The Morgan fingerprint density at radius 3 is 2.85 bits per heavy atom. The fraction of sp³-hybridized carbons (Fsp3) is 0.308. The molecule has 1 atom stereocenters. The minimum atomic E-state index is -0.407. The van der Waals surface area contributed by atoms with Crippen LogP contribution in [-0.2, 0) is 21.5 Å². The molecule has 33 heavy (non-hydrogen) atoms. The van der Waals surface area contributed by atoms with Crippen LogP contribution >= 0.6 is 0 Å². The highest BCUT2D eigenvalue weighted by molar-refractivity contribution is 6.05. The van der Waals surface area contributed by atoms with Crippen molar-refractivity contribution >= 4 is 23.2 Å². The van der Waals surface area contributed by atoms with Gasteiger partial charge in [0.25, 0.3) is 0 Å². The van der Waals surface area contributed by atoms with Crippen LogP contribution in [0.15, 0.2) is 61.2 Å². The summed E-state index contributed by atoms with van der Waals surface area (Å²) >= 11 is 0. The van der Waals surface area contributed by atoms with Crippen LogP contribution in [0.25, 0.3) is 0 Å². The van der Waals surface area contributed by atoms with Gasteiger partial charge in [0.1, 0.15) is 0 Å². The minimum Gasteiger partial charge on any atom is -0.333 e. The van der Waals surface area contributed by atoms with Crippen molar-refractivity contribution in [3.8, 4) is 6.07 Å². The van der Waals surface area contributed by atoms with E-state index >= 15 is 0 Å². The highest BCUT2D eigenvalue weighted by Crippen LogP contribution is 2.42. The predicted octanol–water partition coefficient (Wildman–Crippen LogP) is 3.48. The minimum absolute atomic E-state index is 0.0172. The van der Waals surface area contributed by atoms with Gasteiger partial charge in [0, 0.05) is 55.2 Å². The van der Waals surface area contributed by atoms with E-state index in [0.29, 0.717) is 24.3 Å². The molecule has 7 nitrogen and oxygen atoms in total. The van der Waals surface area contributed by atoms with E-state index < -0.39 is 5.92 Å². The number of hydrogen-bond acceptors (Lipinski definition) is 4. The predicted molar refractivity (Wildman–Crippen MR) is 125 cm³/mol. The van der Waals surface area contributed by atoms with Gasteiger partial charge < -0.3 is 14.4 Å². The number of amides is 2. The van der Waals surface area contributed by atoms with E-state index in [1.54, 1.807) is 35.6 Å². The zero-order chi connectivity index (χ0) is 23.2. The van der Waals surface area contributed by atoms with Crippen LogP contribution in [0.3, 0.4) is 0 Å². The second kappa shape index (κ2) is 7.89. The Hall–Kier alpha value is -3.92. The number of anilines is 2. The summed E-state index contributed by atoms with van der Waals surface area (Å²) in [5.41, 5.74) is 4.22. The quantitative estimate of drug-likeness (QED) is 0.623. The Morgan fingerprint density at radius 2 is 2.09 bits per heavy atom. The summed E-state index contributed by atoms with van der Waals surface area (Å²) in [5.74, 6) is -0.509. The smallest absolute Gasteiger partial charge is 0.232 e. The summed E-state index contributed by atoms with van der Waals surface area (Å²) in [6.07, 6.45) is 5.67. The molecule has 1 aromatic heterocycles. The number of carbonyl (C=O) groups excluding carboxylic acids is 2. The van der Waals surface area contributed by atoms with E-state index in [4.69, 9.17) is 5.26 Å². The average Bonchev–Trinajstić information content (AvgIpc) is 3.52. The molecule has 1 saturated heterocycles. The van der Waals surface area contributed by atoms with Gasteiger partial charge in [-0.05, 0) is 35.4 Å². The Bertz CT molecular complexity index is 1270. The number of nitrogens with zero attached hydrogens (tertiary/aromatic N) is 5. The maximum absolute atomic E-state index is 13.6. The Morgan fingerprint density at radius 1 is 1.24 bits per heavy atom. The lowest BCUT2D eigenvalue weighted by Gasteiger charge is -2.23. The molecule has 2 aliphatic heterocycles. The van der Waals surface area contributed by atoms with Crippen LogP contribution in [0.2, 0.25) is 0 Å². The number of benzene rings is 2. The zero-order valence-electron chi connectivity index (χ0n) is 18.7. The van der Waals surface area contributed by atoms with Crippen molar-refractivity contribution in [2.45, 2.75) is 32.2 Å². The van der Waals surface area contributed by atoms with Crippen LogP contribution in [0.4, 0.5) is 11.4 Å². The summed E-state index contributed by atoms with van der Waals surface area (Å²) in [4.78, 5) is 33.9. The fourth-order valence-corrected chi connectivity index (χ4v) is 4.90. The van der Waals surface area contributed by atoms with Gasteiger partial charge in [-0.2, -0.15) is 5.26 Å². The second-order valence-electron chi connectivity index (χ2n) is 9.46. The highest BCUT2D eigenvalue weighted by Gasteiger charge is 2.43. The first-order chi connectivity index (χ1) is 15.9. The molecule has 5 rings (SSSR count). The number of rotatable bonds is 4. The van der Waals surface area contributed by atoms with Gasteiger partial charge in [0.05, 0.1) is 23.9 Å². The molecule has 3 aromatic rings. The molecule has 0 spiro atoms. The van der Waals surface area contributed by atoms with Gasteiger partial charge in [-0.3, -0.25) is 9.59 Å². The molecule has 0 bridgehead atoms. The van der Waals surface area contributed by atoms with Crippen molar-refractivity contribution in [2.24, 2.45) is 5.92 Å². The first kappa shape index (κ1) is 21.0. The van der Waals surface area contributed by atoms with Crippen LogP contribution in [0, 0.1) is 17.2 Å². The summed E-state index contributed by atoms with van der Waals surface area (Å²) in [5, 5.41) is 9.17. The normalized spacial score (nSPS) is 18.9. The lowest BCUT2D eigenvalue weighted by atomic mass is 9.86. The summed E-state index contributed by atoms with van der Waals surface area (Å²) in [7, 11) is 0. The number of aromatic nitrogens is 2. The molecule has 0 radical (unpaired) electrons. The molecule has 7 heteroatoms. The van der Waals surface area contributed by atoms with Gasteiger partial charge in [0.15, 0.2) is 0 Å². The molecule has 0 saturated carbocycles. The number of carbonyl (C=O) groups is 2. The van der Waals surface area contributed by atoms with E-state index in [-0.39, 0.29) is 23.7 Å². The average molecular weight is 440 g/mol. The number of hydrogen-bond donors (Lipinski definition) is 0. The van der Waals surface area contributed by atoms with Crippen molar-refractivity contribution in [2.75, 3.05) is 22.9 Å². The SMILES string of the molecule is CC1(C)CN(C(=O)C2CC(=O)N(c3cccc(C#N)c3)C2)c2ccc(Cn3ccnc3)cc21. The Kier molecular flexibility index (Phi) is 5.01. The summed E-state index contributed by atoms with van der Waals surface area (Å²) in [6.45, 7) is 5.95. The molecule has 2 aliphatic rings. The van der Waals surface area contributed by atoms with Gasteiger partial charge in [0.2, 0.25) is 11.8 Å². The molecule has 0 aliphatic carbocycles. The summed E-state index contributed by atoms with van der Waals surface area (Å²) < 4.78 is 2.02. The summed E-state index contributed by atoms with van der Waals surface area (Å²) in [6, 6.07) is 15.3. The van der Waals surface area contributed by atoms with Crippen molar-refractivity contribution in [1.29, 1.82) is 5.26 Å². The van der Waals surface area contributed by atoms with E-state index in [9.17, 15) is 9.59 Å². The third kappa shape index (κ3) is 3.78. The van der Waals surface area contributed by atoms with Crippen LogP contribution in [-0.4, -0.2) is 34.5 Å². The lowest BCUT2D eigenvalue weighted by molar-refractivity contribution is -0.124. The van der Waals surface area contributed by atoms with Crippen LogP contribution in [0.1, 0.15) is 37.0 Å². The first-order valence-electron chi connectivity index (χ1n) is 11.1. The van der Waals surface area contributed by atoms with E-state index in [1.807, 2.05) is 27.8 Å². The molecule has 1 fully saturated rings. The molecule has 166 valence electrons. The third-order valence-corrected chi connectivity index (χ3v) is 6.59. The second-order valence-corrected chi connectivity index (χ2v) is 9.46. The Labute approximate surface area is 192 Å². The van der Waals surface area contributed by atoms with Crippen molar-refractivity contribution < 1.29 is 9.59 Å². The van der Waals surface area contributed by atoms with Crippen molar-refractivity contribution in [1.82, 2.24) is 9.55 Å². The van der Waals surface area contributed by atoms with Gasteiger partial charge in [-0.15, -0.1) is 0 Å². The van der Waals surface area contributed by atoms with Crippen molar-refractivity contribution in [3.63, 3.8) is 0 Å². The molecular formula is C26H25N5O2. The van der Waals surface area contributed by atoms with Gasteiger partial charge in [-0.1, -0.05) is 32.0 Å². The molecular weight excluding hydrogens is 414 g/mol. The first-order valence-corrected chi connectivity index (χ1v) is 11.1. The maximum atomic E-state index is 13.6. The molecule has 3 heterocycles. The molecule has 0 N–H and O–H groups in total. The third-order valence-electron chi connectivity index (χ3n) is 6.59. The van der Waals surface area contributed by atoms with E-state index in [2.05, 4.69) is 37.0 Å². The van der Waals surface area contributed by atoms with Crippen molar-refractivity contribution in [3.05, 3.63) is 77.9 Å². The zero-order valence-corrected chi connectivity index (χ0v) is 18.7. The highest BCUT2D eigenvalue weighted by atomic mass is 16.2. The van der Waals surface area contributed by atoms with Crippen LogP contribution in [0.5, 0.6) is 0 Å². The number of imidazole rings is 1. The van der Waals surface area contributed by atoms with E-state index in [1.165, 1.54) is 0 Å². The maximum Gasteiger partial charge on any atom is 0.232 e. The monoisotopic (exact) mass is 439 g/mol. The van der Waals surface area contributed by atoms with Crippen LogP contribution < -0.4 is 9.80 Å².